The van der Waals surface area contributed by atoms with Crippen molar-refractivity contribution in [1.29, 1.82) is 0 Å². The summed E-state index contributed by atoms with van der Waals surface area (Å²) in [6.45, 7) is 4.06. The van der Waals surface area contributed by atoms with Gasteiger partial charge in [0.25, 0.3) is 11.4 Å². The summed E-state index contributed by atoms with van der Waals surface area (Å²) in [5, 5.41) is 4.46. The van der Waals surface area contributed by atoms with Crippen LogP contribution in [0.3, 0.4) is 0 Å². The molecule has 0 saturated heterocycles. The molecule has 4 aromatic rings. The molecule has 0 aliphatic carbocycles. The monoisotopic (exact) mass is 348 g/mol. The average Bonchev–Trinajstić information content (AvgIpc) is 3.12. The predicted molar refractivity (Wildman–Crippen MR) is 98.0 cm³/mol. The fourth-order valence-corrected chi connectivity index (χ4v) is 2.92. The van der Waals surface area contributed by atoms with Crippen LogP contribution < -0.4 is 11.2 Å². The summed E-state index contributed by atoms with van der Waals surface area (Å²) in [6, 6.07) is 12.9. The molecule has 0 aliphatic rings. The molecule has 7 heteroatoms. The third-order valence-corrected chi connectivity index (χ3v) is 4.25. The zero-order chi connectivity index (χ0) is 18.3. The topological polar surface area (TPSA) is 93.8 Å². The third kappa shape index (κ3) is 2.63. The number of fused-ring (bicyclic) bond motifs is 1. The minimum atomic E-state index is -0.437. The molecule has 0 aliphatic heterocycles. The SMILES string of the molecule is CCn1c(=O)[nH]c2cc(-c3nc(-c4cccc(C)c4)no3)ccc2c1=O. The standard InChI is InChI=1S/C19H16N4O3/c1-3-23-18(24)14-8-7-13(10-15(14)20-19(23)25)17-21-16(22-26-17)12-6-4-5-11(2)9-12/h4-10H,3H2,1-2H3,(H,20,25). The van der Waals surface area contributed by atoms with Gasteiger partial charge in [0.15, 0.2) is 0 Å². The zero-order valence-electron chi connectivity index (χ0n) is 14.3. The van der Waals surface area contributed by atoms with Crippen LogP contribution in [0.2, 0.25) is 0 Å². The van der Waals surface area contributed by atoms with E-state index in [0.717, 1.165) is 15.7 Å². The van der Waals surface area contributed by atoms with Crippen molar-refractivity contribution < 1.29 is 4.52 Å². The second kappa shape index (κ2) is 6.11. The molecule has 0 bridgehead atoms. The van der Waals surface area contributed by atoms with Crippen molar-refractivity contribution in [2.45, 2.75) is 20.4 Å². The second-order valence-corrected chi connectivity index (χ2v) is 6.03. The maximum absolute atomic E-state index is 12.3. The van der Waals surface area contributed by atoms with Crippen molar-refractivity contribution in [3.05, 3.63) is 68.9 Å². The Morgan fingerprint density at radius 1 is 1.12 bits per heavy atom. The number of hydrogen-bond donors (Lipinski definition) is 1. The van der Waals surface area contributed by atoms with E-state index in [1.807, 2.05) is 31.2 Å². The summed E-state index contributed by atoms with van der Waals surface area (Å²) >= 11 is 0. The minimum absolute atomic E-state index is 0.315. The van der Waals surface area contributed by atoms with Crippen LogP contribution in [0.4, 0.5) is 0 Å². The Morgan fingerprint density at radius 3 is 2.73 bits per heavy atom. The second-order valence-electron chi connectivity index (χ2n) is 6.03. The molecule has 0 unspecified atom stereocenters. The van der Waals surface area contributed by atoms with Crippen molar-refractivity contribution in [3.8, 4) is 22.8 Å². The molecule has 7 nitrogen and oxygen atoms in total. The summed E-state index contributed by atoms with van der Waals surface area (Å²) in [6.07, 6.45) is 0. The van der Waals surface area contributed by atoms with Gasteiger partial charge in [-0.05, 0) is 38.1 Å². The zero-order valence-corrected chi connectivity index (χ0v) is 14.3. The number of aromatic amines is 1. The molecule has 2 aromatic heterocycles. The van der Waals surface area contributed by atoms with Gasteiger partial charge in [-0.25, -0.2) is 4.79 Å². The number of H-pyrrole nitrogens is 1. The first-order valence-electron chi connectivity index (χ1n) is 8.25. The predicted octanol–water partition coefficient (Wildman–Crippen LogP) is 2.74. The van der Waals surface area contributed by atoms with Crippen LogP contribution >= 0.6 is 0 Å². The van der Waals surface area contributed by atoms with Crippen molar-refractivity contribution in [1.82, 2.24) is 19.7 Å². The number of hydrogen-bond acceptors (Lipinski definition) is 5. The van der Waals surface area contributed by atoms with E-state index in [9.17, 15) is 9.59 Å². The van der Waals surface area contributed by atoms with Crippen LogP contribution in [0.25, 0.3) is 33.7 Å². The fraction of sp³-hybridized carbons (Fsp3) is 0.158. The van der Waals surface area contributed by atoms with E-state index in [2.05, 4.69) is 15.1 Å². The Kier molecular flexibility index (Phi) is 3.76. The summed E-state index contributed by atoms with van der Waals surface area (Å²) in [7, 11) is 0. The molecule has 2 aromatic carbocycles. The van der Waals surface area contributed by atoms with Gasteiger partial charge in [0.1, 0.15) is 0 Å². The maximum atomic E-state index is 12.3. The molecule has 0 radical (unpaired) electrons. The van der Waals surface area contributed by atoms with Crippen molar-refractivity contribution >= 4 is 10.9 Å². The lowest BCUT2D eigenvalue weighted by Gasteiger charge is -2.04. The molecule has 0 fully saturated rings. The Bertz CT molecular complexity index is 1230. The van der Waals surface area contributed by atoms with Crippen LogP contribution in [0.5, 0.6) is 0 Å². The molecule has 130 valence electrons. The molecule has 0 atom stereocenters. The fourth-order valence-electron chi connectivity index (χ4n) is 2.92. The van der Waals surface area contributed by atoms with Gasteiger partial charge in [0.05, 0.1) is 10.9 Å². The largest absolute Gasteiger partial charge is 0.334 e. The van der Waals surface area contributed by atoms with E-state index < -0.39 is 5.69 Å². The number of aromatic nitrogens is 4. The number of rotatable bonds is 3. The van der Waals surface area contributed by atoms with Crippen molar-refractivity contribution in [2.24, 2.45) is 0 Å². The van der Waals surface area contributed by atoms with E-state index in [0.29, 0.717) is 34.7 Å². The van der Waals surface area contributed by atoms with Gasteiger partial charge < -0.3 is 9.51 Å². The number of aryl methyl sites for hydroxylation is 1. The van der Waals surface area contributed by atoms with Gasteiger partial charge in [-0.3, -0.25) is 9.36 Å². The third-order valence-electron chi connectivity index (χ3n) is 4.25. The normalized spacial score (nSPS) is 11.2. The van der Waals surface area contributed by atoms with Crippen LogP contribution in [0, 0.1) is 6.92 Å². The average molecular weight is 348 g/mol. The summed E-state index contributed by atoms with van der Waals surface area (Å²) in [4.78, 5) is 31.5. The number of nitrogens with zero attached hydrogens (tertiary/aromatic N) is 3. The number of nitrogens with one attached hydrogen (secondary N) is 1. The molecular weight excluding hydrogens is 332 g/mol. The summed E-state index contributed by atoms with van der Waals surface area (Å²) < 4.78 is 6.52. The van der Waals surface area contributed by atoms with E-state index in [-0.39, 0.29) is 5.56 Å². The van der Waals surface area contributed by atoms with Crippen LogP contribution in [-0.2, 0) is 6.54 Å². The van der Waals surface area contributed by atoms with Crippen LogP contribution in [0.1, 0.15) is 12.5 Å². The van der Waals surface area contributed by atoms with Crippen LogP contribution in [-0.4, -0.2) is 19.7 Å². The lowest BCUT2D eigenvalue weighted by molar-refractivity contribution is 0.432. The lowest BCUT2D eigenvalue weighted by atomic mass is 10.1. The van der Waals surface area contributed by atoms with E-state index in [4.69, 9.17) is 4.52 Å². The highest BCUT2D eigenvalue weighted by Gasteiger charge is 2.13. The minimum Gasteiger partial charge on any atom is -0.334 e. The first-order chi connectivity index (χ1) is 12.6. The lowest BCUT2D eigenvalue weighted by Crippen LogP contribution is -2.34. The highest BCUT2D eigenvalue weighted by molar-refractivity contribution is 5.82. The van der Waals surface area contributed by atoms with Gasteiger partial charge in [0, 0.05) is 17.7 Å². The molecular formula is C19H16N4O3. The Labute approximate surface area is 147 Å². The maximum Gasteiger partial charge on any atom is 0.328 e. The molecule has 2 heterocycles. The van der Waals surface area contributed by atoms with Crippen LogP contribution in [0.15, 0.2) is 56.6 Å². The number of benzene rings is 2. The molecule has 0 spiro atoms. The molecule has 26 heavy (non-hydrogen) atoms. The van der Waals surface area contributed by atoms with Gasteiger partial charge in [0.2, 0.25) is 5.82 Å². The van der Waals surface area contributed by atoms with Gasteiger partial charge >= 0.3 is 5.69 Å². The van der Waals surface area contributed by atoms with Gasteiger partial charge in [-0.15, -0.1) is 0 Å². The van der Waals surface area contributed by atoms with Gasteiger partial charge in [-0.2, -0.15) is 4.98 Å². The summed E-state index contributed by atoms with van der Waals surface area (Å²) in [5.41, 5.74) is 2.28. The van der Waals surface area contributed by atoms with E-state index >= 15 is 0 Å². The quantitative estimate of drug-likeness (QED) is 0.614. The van der Waals surface area contributed by atoms with Crippen molar-refractivity contribution in [3.63, 3.8) is 0 Å². The molecule has 0 amide bonds. The molecule has 4 rings (SSSR count). The first-order valence-corrected chi connectivity index (χ1v) is 8.25. The Hall–Kier alpha value is -3.48. The van der Waals surface area contributed by atoms with E-state index in [1.54, 1.807) is 25.1 Å². The Balaban J connectivity index is 1.81. The highest BCUT2D eigenvalue weighted by Crippen LogP contribution is 2.24. The first kappa shape index (κ1) is 16.0. The van der Waals surface area contributed by atoms with Crippen molar-refractivity contribution in [2.75, 3.05) is 0 Å². The summed E-state index contributed by atoms with van der Waals surface area (Å²) in [5.74, 6) is 0.808. The molecule has 0 saturated carbocycles. The smallest absolute Gasteiger partial charge is 0.328 e. The molecule has 1 N–H and O–H groups in total. The van der Waals surface area contributed by atoms with Gasteiger partial charge in [-0.1, -0.05) is 28.9 Å². The van der Waals surface area contributed by atoms with E-state index in [1.165, 1.54) is 0 Å². The highest BCUT2D eigenvalue weighted by atomic mass is 16.5. The Morgan fingerprint density at radius 2 is 1.96 bits per heavy atom.